The fourth-order valence-corrected chi connectivity index (χ4v) is 4.89. The van der Waals surface area contributed by atoms with E-state index in [-0.39, 0.29) is 5.91 Å². The standard InChI is InChI=1S/C18H19N3OS2/c1-21-10-8-12(9-11-21)19-17(22)15-6-7-16(23-15)18-20-13-4-2-3-5-14(13)24-18/h2-7,12H,8-11H2,1H3,(H,19,22). The third-order valence-electron chi connectivity index (χ3n) is 4.39. The molecule has 1 N–H and O–H groups in total. The summed E-state index contributed by atoms with van der Waals surface area (Å²) in [4.78, 5) is 21.3. The number of rotatable bonds is 3. The molecule has 6 heteroatoms. The smallest absolute Gasteiger partial charge is 0.261 e. The number of nitrogens with zero attached hydrogens (tertiary/aromatic N) is 2. The van der Waals surface area contributed by atoms with Crippen LogP contribution in [-0.2, 0) is 0 Å². The summed E-state index contributed by atoms with van der Waals surface area (Å²) in [5, 5.41) is 4.16. The highest BCUT2D eigenvalue weighted by Gasteiger charge is 2.20. The molecule has 0 saturated carbocycles. The summed E-state index contributed by atoms with van der Waals surface area (Å²) in [6.07, 6.45) is 2.05. The highest BCUT2D eigenvalue weighted by molar-refractivity contribution is 7.26. The van der Waals surface area contributed by atoms with Crippen LogP contribution in [-0.4, -0.2) is 42.0 Å². The second-order valence-electron chi connectivity index (χ2n) is 6.20. The van der Waals surface area contributed by atoms with Gasteiger partial charge in [0.25, 0.3) is 5.91 Å². The SMILES string of the molecule is CN1CCC(NC(=O)c2ccc(-c3nc4ccccc4s3)s2)CC1. The second kappa shape index (κ2) is 6.63. The van der Waals surface area contributed by atoms with Crippen molar-refractivity contribution in [3.8, 4) is 9.88 Å². The van der Waals surface area contributed by atoms with Crippen LogP contribution in [0.2, 0.25) is 0 Å². The summed E-state index contributed by atoms with van der Waals surface area (Å²) >= 11 is 3.20. The zero-order valence-electron chi connectivity index (χ0n) is 13.5. The van der Waals surface area contributed by atoms with Gasteiger partial charge in [0.05, 0.1) is 20.0 Å². The van der Waals surface area contributed by atoms with Crippen molar-refractivity contribution in [1.82, 2.24) is 15.2 Å². The highest BCUT2D eigenvalue weighted by atomic mass is 32.1. The van der Waals surface area contributed by atoms with Gasteiger partial charge in [-0.1, -0.05) is 12.1 Å². The van der Waals surface area contributed by atoms with E-state index in [0.29, 0.717) is 6.04 Å². The van der Waals surface area contributed by atoms with Crippen LogP contribution in [0.3, 0.4) is 0 Å². The molecule has 1 aliphatic rings. The maximum absolute atomic E-state index is 12.5. The average molecular weight is 358 g/mol. The molecule has 124 valence electrons. The Morgan fingerprint density at radius 2 is 1.96 bits per heavy atom. The first-order valence-corrected chi connectivity index (χ1v) is 9.77. The minimum absolute atomic E-state index is 0.0434. The Labute approximate surface area is 149 Å². The number of benzene rings is 1. The molecular formula is C18H19N3OS2. The molecule has 0 aliphatic carbocycles. The number of thiazole rings is 1. The summed E-state index contributed by atoms with van der Waals surface area (Å²) in [7, 11) is 2.13. The molecule has 1 fully saturated rings. The minimum Gasteiger partial charge on any atom is -0.349 e. The first kappa shape index (κ1) is 15.7. The Morgan fingerprint density at radius 1 is 1.17 bits per heavy atom. The van der Waals surface area contributed by atoms with Gasteiger partial charge in [0, 0.05) is 6.04 Å². The van der Waals surface area contributed by atoms with Gasteiger partial charge in [-0.15, -0.1) is 22.7 Å². The predicted molar refractivity (Wildman–Crippen MR) is 101 cm³/mol. The number of piperidine rings is 1. The van der Waals surface area contributed by atoms with Crippen molar-refractivity contribution in [3.05, 3.63) is 41.3 Å². The van der Waals surface area contributed by atoms with Crippen LogP contribution in [0.15, 0.2) is 36.4 Å². The maximum Gasteiger partial charge on any atom is 0.261 e. The topological polar surface area (TPSA) is 45.2 Å². The Bertz CT molecular complexity index is 829. The minimum atomic E-state index is 0.0434. The van der Waals surface area contributed by atoms with Gasteiger partial charge in [0.1, 0.15) is 5.01 Å². The Kier molecular flexibility index (Phi) is 4.35. The molecule has 0 radical (unpaired) electrons. The largest absolute Gasteiger partial charge is 0.349 e. The number of likely N-dealkylation sites (tertiary alicyclic amines) is 1. The number of aromatic nitrogens is 1. The van der Waals surface area contributed by atoms with Gasteiger partial charge in [-0.05, 0) is 57.2 Å². The van der Waals surface area contributed by atoms with Gasteiger partial charge < -0.3 is 10.2 Å². The van der Waals surface area contributed by atoms with E-state index in [1.54, 1.807) is 11.3 Å². The lowest BCUT2D eigenvalue weighted by molar-refractivity contribution is 0.0921. The molecule has 0 atom stereocenters. The summed E-state index contributed by atoms with van der Waals surface area (Å²) < 4.78 is 1.18. The summed E-state index contributed by atoms with van der Waals surface area (Å²) in [5.74, 6) is 0.0434. The van der Waals surface area contributed by atoms with Gasteiger partial charge in [-0.25, -0.2) is 4.98 Å². The van der Waals surface area contributed by atoms with Crippen molar-refractivity contribution in [2.75, 3.05) is 20.1 Å². The van der Waals surface area contributed by atoms with Crippen molar-refractivity contribution in [1.29, 1.82) is 0 Å². The molecule has 2 aromatic heterocycles. The molecule has 0 spiro atoms. The third-order valence-corrected chi connectivity index (χ3v) is 6.68. The number of carbonyl (C=O) groups excluding carboxylic acids is 1. The van der Waals surface area contributed by atoms with Crippen molar-refractivity contribution in [2.45, 2.75) is 18.9 Å². The molecule has 4 rings (SSSR count). The van der Waals surface area contributed by atoms with E-state index in [0.717, 1.165) is 46.2 Å². The molecule has 1 saturated heterocycles. The third kappa shape index (κ3) is 3.22. The number of hydrogen-bond donors (Lipinski definition) is 1. The fourth-order valence-electron chi connectivity index (χ4n) is 2.96. The van der Waals surface area contributed by atoms with Crippen LogP contribution >= 0.6 is 22.7 Å². The Hall–Kier alpha value is -1.76. The van der Waals surface area contributed by atoms with E-state index >= 15 is 0 Å². The van der Waals surface area contributed by atoms with Crippen LogP contribution in [0, 0.1) is 0 Å². The van der Waals surface area contributed by atoms with Gasteiger partial charge in [-0.3, -0.25) is 4.79 Å². The molecule has 24 heavy (non-hydrogen) atoms. The van der Waals surface area contributed by atoms with Crippen molar-refractivity contribution >= 4 is 38.8 Å². The molecule has 1 aromatic carbocycles. The molecule has 3 aromatic rings. The van der Waals surface area contributed by atoms with E-state index in [1.807, 2.05) is 30.3 Å². The zero-order chi connectivity index (χ0) is 16.5. The molecule has 1 aliphatic heterocycles. The lowest BCUT2D eigenvalue weighted by Gasteiger charge is -2.29. The molecule has 0 unspecified atom stereocenters. The molecule has 1 amide bonds. The number of carbonyl (C=O) groups is 1. The summed E-state index contributed by atoms with van der Waals surface area (Å²) in [6, 6.07) is 12.3. The Morgan fingerprint density at radius 3 is 2.75 bits per heavy atom. The lowest BCUT2D eigenvalue weighted by atomic mass is 10.1. The molecule has 4 nitrogen and oxygen atoms in total. The van der Waals surface area contributed by atoms with Gasteiger partial charge >= 0.3 is 0 Å². The van der Waals surface area contributed by atoms with Crippen LogP contribution in [0.1, 0.15) is 22.5 Å². The van der Waals surface area contributed by atoms with E-state index in [2.05, 4.69) is 28.3 Å². The van der Waals surface area contributed by atoms with Crippen LogP contribution in [0.25, 0.3) is 20.1 Å². The first-order chi connectivity index (χ1) is 11.7. The van der Waals surface area contributed by atoms with Crippen molar-refractivity contribution in [2.24, 2.45) is 0 Å². The number of fused-ring (bicyclic) bond motifs is 1. The number of amides is 1. The van der Waals surface area contributed by atoms with Gasteiger partial charge in [-0.2, -0.15) is 0 Å². The monoisotopic (exact) mass is 357 g/mol. The molecular weight excluding hydrogens is 338 g/mol. The predicted octanol–water partition coefficient (Wildman–Crippen LogP) is 3.85. The Balaban J connectivity index is 1.48. The van der Waals surface area contributed by atoms with Gasteiger partial charge in [0.2, 0.25) is 0 Å². The van der Waals surface area contributed by atoms with Crippen LogP contribution in [0.4, 0.5) is 0 Å². The highest BCUT2D eigenvalue weighted by Crippen LogP contribution is 2.34. The number of thiophene rings is 1. The van der Waals surface area contributed by atoms with Crippen LogP contribution < -0.4 is 5.32 Å². The molecule has 3 heterocycles. The van der Waals surface area contributed by atoms with E-state index in [9.17, 15) is 4.79 Å². The second-order valence-corrected chi connectivity index (χ2v) is 8.32. The maximum atomic E-state index is 12.5. The number of nitrogens with one attached hydrogen (secondary N) is 1. The van der Waals surface area contributed by atoms with Crippen LogP contribution in [0.5, 0.6) is 0 Å². The fraction of sp³-hybridized carbons (Fsp3) is 0.333. The number of para-hydroxylation sites is 1. The van der Waals surface area contributed by atoms with E-state index in [1.165, 1.54) is 16.0 Å². The number of hydrogen-bond acceptors (Lipinski definition) is 5. The first-order valence-electron chi connectivity index (χ1n) is 8.14. The van der Waals surface area contributed by atoms with Crippen molar-refractivity contribution in [3.63, 3.8) is 0 Å². The average Bonchev–Trinajstić information content (AvgIpc) is 3.23. The summed E-state index contributed by atoms with van der Waals surface area (Å²) in [5.41, 5.74) is 1.02. The normalized spacial score (nSPS) is 16.5. The van der Waals surface area contributed by atoms with Crippen molar-refractivity contribution < 1.29 is 4.79 Å². The van der Waals surface area contributed by atoms with E-state index in [4.69, 9.17) is 0 Å². The van der Waals surface area contributed by atoms with E-state index < -0.39 is 0 Å². The quantitative estimate of drug-likeness (QED) is 0.774. The molecule has 0 bridgehead atoms. The summed E-state index contributed by atoms with van der Waals surface area (Å²) in [6.45, 7) is 2.10. The van der Waals surface area contributed by atoms with Gasteiger partial charge in [0.15, 0.2) is 0 Å². The lowest BCUT2D eigenvalue weighted by Crippen LogP contribution is -2.43. The zero-order valence-corrected chi connectivity index (χ0v) is 15.1.